The highest BCUT2D eigenvalue weighted by molar-refractivity contribution is 6.20. The molecule has 10 heteroatoms. The van der Waals surface area contributed by atoms with E-state index in [0.717, 1.165) is 17.1 Å². The van der Waals surface area contributed by atoms with Gasteiger partial charge in [-0.05, 0) is 25.1 Å². The molecule has 0 saturated carbocycles. The van der Waals surface area contributed by atoms with E-state index in [9.17, 15) is 24.5 Å². The fourth-order valence-corrected chi connectivity index (χ4v) is 4.74. The lowest BCUT2D eigenvalue weighted by molar-refractivity contribution is -0.384. The molecule has 0 aliphatic carbocycles. The number of hydrogen-bond donors (Lipinski definition) is 1. The van der Waals surface area contributed by atoms with Crippen LogP contribution in [0, 0.1) is 15.5 Å². The Kier molecular flexibility index (Phi) is 4.53. The van der Waals surface area contributed by atoms with Crippen molar-refractivity contribution < 1.29 is 19.3 Å². The van der Waals surface area contributed by atoms with Gasteiger partial charge in [-0.25, -0.2) is 4.79 Å². The predicted molar refractivity (Wildman–Crippen MR) is 103 cm³/mol. The number of carbonyl (C=O) groups excluding carboxylic acids is 3. The molecule has 1 N–H and O–H groups in total. The van der Waals surface area contributed by atoms with Crippen molar-refractivity contribution in [3.05, 3.63) is 33.9 Å². The van der Waals surface area contributed by atoms with Gasteiger partial charge in [-0.15, -0.1) is 0 Å². The Bertz CT molecular complexity index is 918. The summed E-state index contributed by atoms with van der Waals surface area (Å²) < 4.78 is 0. The lowest BCUT2D eigenvalue weighted by atomic mass is 9.67. The standard InChI is InChI=1S/C19H23N5O5/c1-3-6-23-17(26)19(16(25)20-18(23)27)10-12-9-13(24(28)29)4-5-14(12)22-8-7-21(2)11-15(19)22/h4-5,9,15H,3,6-8,10-11H2,1-2H3,(H,20,25,27)/t15-,19+/m0/s1. The highest BCUT2D eigenvalue weighted by Crippen LogP contribution is 2.46. The van der Waals surface area contributed by atoms with Gasteiger partial charge in [0.05, 0.1) is 11.0 Å². The summed E-state index contributed by atoms with van der Waals surface area (Å²) in [6.07, 6.45) is 0.594. The molecule has 2 fully saturated rings. The second-order valence-corrected chi connectivity index (χ2v) is 7.91. The Labute approximate surface area is 167 Å². The number of nitrogens with one attached hydrogen (secondary N) is 1. The monoisotopic (exact) mass is 401 g/mol. The molecule has 0 unspecified atom stereocenters. The normalized spacial score (nSPS) is 27.0. The molecule has 29 heavy (non-hydrogen) atoms. The minimum absolute atomic E-state index is 0.0250. The molecule has 154 valence electrons. The number of benzene rings is 1. The minimum Gasteiger partial charge on any atom is -0.364 e. The first-order valence-corrected chi connectivity index (χ1v) is 9.69. The number of rotatable bonds is 3. The number of urea groups is 1. The summed E-state index contributed by atoms with van der Waals surface area (Å²) in [4.78, 5) is 55.0. The van der Waals surface area contributed by atoms with Crippen molar-refractivity contribution in [2.45, 2.75) is 25.8 Å². The van der Waals surface area contributed by atoms with E-state index in [2.05, 4.69) is 10.2 Å². The summed E-state index contributed by atoms with van der Waals surface area (Å²) in [7, 11) is 1.93. The number of nitro benzene ring substituents is 1. The number of carbonyl (C=O) groups is 3. The lowest BCUT2D eigenvalue weighted by Gasteiger charge is -2.55. The van der Waals surface area contributed by atoms with E-state index in [4.69, 9.17) is 0 Å². The van der Waals surface area contributed by atoms with E-state index in [1.54, 1.807) is 6.07 Å². The molecule has 4 amide bonds. The summed E-state index contributed by atoms with van der Waals surface area (Å²) >= 11 is 0. The molecule has 1 aromatic carbocycles. The quantitative estimate of drug-likeness (QED) is 0.451. The molecule has 2 atom stereocenters. The number of nitrogens with zero attached hydrogens (tertiary/aromatic N) is 4. The van der Waals surface area contributed by atoms with Gasteiger partial charge in [0.15, 0.2) is 5.41 Å². The molecule has 3 aliphatic rings. The zero-order valence-electron chi connectivity index (χ0n) is 16.4. The van der Waals surface area contributed by atoms with E-state index in [1.807, 2.05) is 18.9 Å². The first-order valence-electron chi connectivity index (χ1n) is 9.69. The second kappa shape index (κ2) is 6.80. The number of likely N-dealkylation sites (N-methyl/N-ethyl adjacent to an activating group) is 1. The van der Waals surface area contributed by atoms with Gasteiger partial charge in [-0.1, -0.05) is 6.92 Å². The van der Waals surface area contributed by atoms with Crippen LogP contribution in [-0.4, -0.2) is 71.8 Å². The lowest BCUT2D eigenvalue weighted by Crippen LogP contribution is -2.75. The summed E-state index contributed by atoms with van der Waals surface area (Å²) in [5.74, 6) is -1.14. The Hall–Kier alpha value is -3.01. The molecule has 1 spiro atoms. The van der Waals surface area contributed by atoms with Crippen molar-refractivity contribution in [2.75, 3.05) is 38.1 Å². The zero-order chi connectivity index (χ0) is 20.9. The van der Waals surface area contributed by atoms with Crippen molar-refractivity contribution in [1.29, 1.82) is 0 Å². The largest absolute Gasteiger partial charge is 0.364 e. The highest BCUT2D eigenvalue weighted by atomic mass is 16.6. The molecule has 0 bridgehead atoms. The van der Waals surface area contributed by atoms with E-state index in [1.165, 1.54) is 12.1 Å². The maximum Gasteiger partial charge on any atom is 0.330 e. The highest BCUT2D eigenvalue weighted by Gasteiger charge is 2.62. The first-order chi connectivity index (χ1) is 13.8. The van der Waals surface area contributed by atoms with Gasteiger partial charge in [0, 0.05) is 50.4 Å². The molecule has 1 aromatic rings. The molecule has 3 heterocycles. The third-order valence-corrected chi connectivity index (χ3v) is 6.15. The molecule has 3 aliphatic heterocycles. The molecule has 0 aromatic heterocycles. The summed E-state index contributed by atoms with van der Waals surface area (Å²) in [5.41, 5.74) is -0.204. The van der Waals surface area contributed by atoms with Crippen LogP contribution in [0.2, 0.25) is 0 Å². The number of nitro groups is 1. The number of hydrogen-bond acceptors (Lipinski definition) is 7. The van der Waals surface area contributed by atoms with Crippen LogP contribution in [0.3, 0.4) is 0 Å². The van der Waals surface area contributed by atoms with E-state index >= 15 is 0 Å². The van der Waals surface area contributed by atoms with E-state index in [-0.39, 0.29) is 18.7 Å². The Morgan fingerprint density at radius 1 is 1.28 bits per heavy atom. The topological polar surface area (TPSA) is 116 Å². The van der Waals surface area contributed by atoms with Crippen LogP contribution < -0.4 is 10.2 Å². The van der Waals surface area contributed by atoms with Crippen LogP contribution in [0.5, 0.6) is 0 Å². The number of piperazine rings is 1. The van der Waals surface area contributed by atoms with Gasteiger partial charge < -0.3 is 9.80 Å². The van der Waals surface area contributed by atoms with Crippen LogP contribution in [0.25, 0.3) is 0 Å². The van der Waals surface area contributed by atoms with Crippen LogP contribution >= 0.6 is 0 Å². The van der Waals surface area contributed by atoms with Crippen molar-refractivity contribution in [3.8, 4) is 0 Å². The van der Waals surface area contributed by atoms with Gasteiger partial charge in [0.25, 0.3) is 5.69 Å². The number of non-ortho nitro benzene ring substituents is 1. The Morgan fingerprint density at radius 3 is 2.72 bits per heavy atom. The third kappa shape index (κ3) is 2.78. The average Bonchev–Trinajstić information content (AvgIpc) is 2.68. The predicted octanol–water partition coefficient (Wildman–Crippen LogP) is 0.746. The first kappa shape index (κ1) is 19.3. The van der Waals surface area contributed by atoms with Crippen LogP contribution in [-0.2, 0) is 16.0 Å². The van der Waals surface area contributed by atoms with Crippen LogP contribution in [0.1, 0.15) is 18.9 Å². The van der Waals surface area contributed by atoms with Crippen molar-refractivity contribution in [2.24, 2.45) is 5.41 Å². The van der Waals surface area contributed by atoms with Gasteiger partial charge in [0.1, 0.15) is 0 Å². The Morgan fingerprint density at radius 2 is 2.03 bits per heavy atom. The summed E-state index contributed by atoms with van der Waals surface area (Å²) in [6, 6.07) is 3.41. The molecular formula is C19H23N5O5. The van der Waals surface area contributed by atoms with Crippen molar-refractivity contribution in [1.82, 2.24) is 15.1 Å². The molecule has 4 rings (SSSR count). The fourth-order valence-electron chi connectivity index (χ4n) is 4.74. The molecule has 10 nitrogen and oxygen atoms in total. The summed E-state index contributed by atoms with van der Waals surface area (Å²) in [5, 5.41) is 13.6. The minimum atomic E-state index is -1.50. The number of imide groups is 2. The zero-order valence-corrected chi connectivity index (χ0v) is 16.4. The Balaban J connectivity index is 1.88. The number of amides is 4. The van der Waals surface area contributed by atoms with Gasteiger partial charge >= 0.3 is 6.03 Å². The third-order valence-electron chi connectivity index (χ3n) is 6.15. The van der Waals surface area contributed by atoms with Crippen molar-refractivity contribution >= 4 is 29.2 Å². The van der Waals surface area contributed by atoms with Gasteiger partial charge in [0.2, 0.25) is 11.8 Å². The molecule has 2 saturated heterocycles. The number of fused-ring (bicyclic) bond motifs is 4. The van der Waals surface area contributed by atoms with Gasteiger partial charge in [-0.2, -0.15) is 0 Å². The average molecular weight is 401 g/mol. The van der Waals surface area contributed by atoms with Crippen LogP contribution in [0.15, 0.2) is 18.2 Å². The maximum absolute atomic E-state index is 13.6. The molecular weight excluding hydrogens is 378 g/mol. The van der Waals surface area contributed by atoms with Crippen LogP contribution in [0.4, 0.5) is 16.2 Å². The van der Waals surface area contributed by atoms with Gasteiger partial charge in [-0.3, -0.25) is 29.9 Å². The summed E-state index contributed by atoms with van der Waals surface area (Å²) in [6.45, 7) is 3.85. The number of anilines is 1. The second-order valence-electron chi connectivity index (χ2n) is 7.91. The number of barbiturate groups is 1. The van der Waals surface area contributed by atoms with Crippen molar-refractivity contribution in [3.63, 3.8) is 0 Å². The SMILES string of the molecule is CCCN1C(=O)NC(=O)[C@]2(Cc3cc([N+](=O)[O-])ccc3N3CCN(C)C[C@H]32)C1=O. The fraction of sp³-hybridized carbons (Fsp3) is 0.526. The molecule has 0 radical (unpaired) electrons. The van der Waals surface area contributed by atoms with E-state index < -0.39 is 34.2 Å². The van der Waals surface area contributed by atoms with E-state index in [0.29, 0.717) is 25.1 Å². The smallest absolute Gasteiger partial charge is 0.330 e. The maximum atomic E-state index is 13.6.